The maximum Gasteiger partial charge on any atom is 0.194 e. The zero-order valence-electron chi connectivity index (χ0n) is 12.6. The maximum atomic E-state index is 12.5. The van der Waals surface area contributed by atoms with Gasteiger partial charge in [0.15, 0.2) is 11.6 Å². The molecule has 1 aliphatic rings. The van der Waals surface area contributed by atoms with Gasteiger partial charge in [-0.15, -0.1) is 0 Å². The summed E-state index contributed by atoms with van der Waals surface area (Å²) in [5.74, 6) is -0.251. The second-order valence-electron chi connectivity index (χ2n) is 4.86. The second-order valence-corrected chi connectivity index (χ2v) is 4.86. The molecule has 0 heterocycles. The molecule has 4 nitrogen and oxygen atoms in total. The molecule has 0 spiro atoms. The van der Waals surface area contributed by atoms with E-state index in [4.69, 9.17) is 14.2 Å². The molecule has 0 atom stereocenters. The number of carbonyl (C=O) groups excluding carboxylic acids is 1. The lowest BCUT2D eigenvalue weighted by atomic mass is 9.94. The van der Waals surface area contributed by atoms with Gasteiger partial charge in [-0.1, -0.05) is 30.3 Å². The zero-order valence-corrected chi connectivity index (χ0v) is 12.6. The summed E-state index contributed by atoms with van der Waals surface area (Å²) in [4.78, 5) is 12.5. The molecule has 0 aliphatic heterocycles. The third kappa shape index (κ3) is 3.40. The molecule has 0 bridgehead atoms. The van der Waals surface area contributed by atoms with Gasteiger partial charge in [-0.3, -0.25) is 4.79 Å². The summed E-state index contributed by atoms with van der Waals surface area (Å²) in [6.07, 6.45) is 4.21. The van der Waals surface area contributed by atoms with E-state index in [-0.39, 0.29) is 5.78 Å². The minimum atomic E-state index is -0.859. The molecule has 0 N–H and O–H groups in total. The lowest BCUT2D eigenvalue weighted by Crippen LogP contribution is -2.35. The van der Waals surface area contributed by atoms with E-state index in [0.29, 0.717) is 24.2 Å². The van der Waals surface area contributed by atoms with Gasteiger partial charge in [0.05, 0.1) is 19.1 Å². The summed E-state index contributed by atoms with van der Waals surface area (Å²) in [7, 11) is 4.69. The van der Waals surface area contributed by atoms with Gasteiger partial charge in [-0.25, -0.2) is 0 Å². The normalized spacial score (nSPS) is 16.9. The second kappa shape index (κ2) is 6.70. The molecule has 21 heavy (non-hydrogen) atoms. The van der Waals surface area contributed by atoms with Crippen LogP contribution in [0.2, 0.25) is 0 Å². The van der Waals surface area contributed by atoms with Gasteiger partial charge in [0, 0.05) is 20.6 Å². The van der Waals surface area contributed by atoms with Crippen molar-refractivity contribution in [1.29, 1.82) is 0 Å². The van der Waals surface area contributed by atoms with Crippen LogP contribution >= 0.6 is 0 Å². The van der Waals surface area contributed by atoms with Crippen LogP contribution in [0.4, 0.5) is 0 Å². The number of rotatable bonds is 6. The van der Waals surface area contributed by atoms with Gasteiger partial charge < -0.3 is 14.2 Å². The van der Waals surface area contributed by atoms with Crippen molar-refractivity contribution in [1.82, 2.24) is 0 Å². The molecule has 1 aromatic rings. The van der Waals surface area contributed by atoms with Crippen molar-refractivity contribution in [2.24, 2.45) is 0 Å². The van der Waals surface area contributed by atoms with E-state index in [9.17, 15) is 4.79 Å². The van der Waals surface area contributed by atoms with Crippen molar-refractivity contribution >= 4 is 5.78 Å². The van der Waals surface area contributed by atoms with Gasteiger partial charge >= 0.3 is 0 Å². The first kappa shape index (κ1) is 15.5. The molecule has 0 fully saturated rings. The number of ether oxygens (including phenoxy) is 3. The number of methoxy groups -OCH3 is 3. The highest BCUT2D eigenvalue weighted by Crippen LogP contribution is 2.31. The summed E-state index contributed by atoms with van der Waals surface area (Å²) in [6, 6.07) is 9.65. The predicted octanol–water partition coefficient (Wildman–Crippen LogP) is 2.65. The van der Waals surface area contributed by atoms with E-state index in [1.807, 2.05) is 30.3 Å². The number of allylic oxidation sites excluding steroid dienone is 2. The monoisotopic (exact) mass is 288 g/mol. The number of Topliss-reactive ketones (excluding diaryl/α,β-unsaturated/α-hetero) is 1. The van der Waals surface area contributed by atoms with Crippen LogP contribution < -0.4 is 0 Å². The van der Waals surface area contributed by atoms with Gasteiger partial charge in [-0.2, -0.15) is 0 Å². The van der Waals surface area contributed by atoms with E-state index >= 15 is 0 Å². The van der Waals surface area contributed by atoms with E-state index in [2.05, 4.69) is 0 Å². The number of carbonyl (C=O) groups is 1. The van der Waals surface area contributed by atoms with Crippen LogP contribution in [0.25, 0.3) is 0 Å². The molecule has 0 amide bonds. The summed E-state index contributed by atoms with van der Waals surface area (Å²) < 4.78 is 16.1. The molecule has 1 aliphatic carbocycles. The third-order valence-electron chi connectivity index (χ3n) is 3.66. The van der Waals surface area contributed by atoms with Crippen LogP contribution in [0, 0.1) is 0 Å². The van der Waals surface area contributed by atoms with Crippen LogP contribution in [0.3, 0.4) is 0 Å². The Bertz CT molecular complexity index is 553. The van der Waals surface area contributed by atoms with E-state index in [1.54, 1.807) is 33.5 Å². The molecule has 4 heteroatoms. The lowest BCUT2D eigenvalue weighted by molar-refractivity contribution is -0.174. The standard InChI is InChI=1S/C17H20O4/c1-19-16-12-17(20-2,21-3)10-9-14(16)15(18)11-13-7-5-4-6-8-13/h4-10H,11-12H2,1-3H3. The fourth-order valence-corrected chi connectivity index (χ4v) is 2.35. The minimum Gasteiger partial charge on any atom is -0.500 e. The topological polar surface area (TPSA) is 44.8 Å². The first-order valence-corrected chi connectivity index (χ1v) is 6.78. The van der Waals surface area contributed by atoms with Crippen molar-refractivity contribution in [3.63, 3.8) is 0 Å². The van der Waals surface area contributed by atoms with Crippen molar-refractivity contribution in [3.05, 3.63) is 59.4 Å². The largest absolute Gasteiger partial charge is 0.500 e. The van der Waals surface area contributed by atoms with Crippen LogP contribution in [0.1, 0.15) is 12.0 Å². The number of benzene rings is 1. The molecular weight excluding hydrogens is 268 g/mol. The fraction of sp³-hybridized carbons (Fsp3) is 0.353. The maximum absolute atomic E-state index is 12.5. The van der Waals surface area contributed by atoms with E-state index in [1.165, 1.54) is 0 Å². The average Bonchev–Trinajstić information content (AvgIpc) is 2.55. The van der Waals surface area contributed by atoms with Crippen molar-refractivity contribution < 1.29 is 19.0 Å². The number of hydrogen-bond acceptors (Lipinski definition) is 4. The Morgan fingerprint density at radius 3 is 2.38 bits per heavy atom. The van der Waals surface area contributed by atoms with Crippen LogP contribution in [-0.2, 0) is 25.4 Å². The summed E-state index contributed by atoms with van der Waals surface area (Å²) >= 11 is 0. The van der Waals surface area contributed by atoms with E-state index in [0.717, 1.165) is 5.56 Å². The Morgan fingerprint density at radius 2 is 1.81 bits per heavy atom. The van der Waals surface area contributed by atoms with Crippen LogP contribution in [0.15, 0.2) is 53.8 Å². The molecule has 2 rings (SSSR count). The quantitative estimate of drug-likeness (QED) is 0.755. The summed E-state index contributed by atoms with van der Waals surface area (Å²) in [6.45, 7) is 0. The van der Waals surface area contributed by atoms with Gasteiger partial charge in [0.25, 0.3) is 0 Å². The van der Waals surface area contributed by atoms with Crippen LogP contribution in [-0.4, -0.2) is 32.9 Å². The van der Waals surface area contributed by atoms with Crippen LogP contribution in [0.5, 0.6) is 0 Å². The first-order chi connectivity index (χ1) is 10.1. The predicted molar refractivity (Wildman–Crippen MR) is 79.7 cm³/mol. The highest BCUT2D eigenvalue weighted by atomic mass is 16.7. The van der Waals surface area contributed by atoms with E-state index < -0.39 is 5.79 Å². The Labute approximate surface area is 125 Å². The Kier molecular flexibility index (Phi) is 4.94. The molecule has 0 saturated heterocycles. The molecule has 1 aromatic carbocycles. The van der Waals surface area contributed by atoms with Crippen molar-refractivity contribution in [2.75, 3.05) is 21.3 Å². The van der Waals surface area contributed by atoms with Crippen molar-refractivity contribution in [3.8, 4) is 0 Å². The SMILES string of the molecule is COC1=C(C(=O)Cc2ccccc2)C=CC(OC)(OC)C1. The van der Waals surface area contributed by atoms with Gasteiger partial charge in [-0.05, 0) is 17.7 Å². The molecule has 0 saturated carbocycles. The third-order valence-corrected chi connectivity index (χ3v) is 3.66. The summed E-state index contributed by atoms with van der Waals surface area (Å²) in [5, 5.41) is 0. The highest BCUT2D eigenvalue weighted by Gasteiger charge is 2.34. The zero-order chi connectivity index (χ0) is 15.3. The van der Waals surface area contributed by atoms with Gasteiger partial charge in [0.1, 0.15) is 5.76 Å². The summed E-state index contributed by atoms with van der Waals surface area (Å²) in [5.41, 5.74) is 1.56. The molecule has 0 radical (unpaired) electrons. The van der Waals surface area contributed by atoms with Crippen molar-refractivity contribution in [2.45, 2.75) is 18.6 Å². The molecular formula is C17H20O4. The number of ketones is 1. The minimum absolute atomic E-state index is 0.0232. The smallest absolute Gasteiger partial charge is 0.194 e. The highest BCUT2D eigenvalue weighted by molar-refractivity contribution is 6.00. The first-order valence-electron chi connectivity index (χ1n) is 6.78. The molecule has 0 aromatic heterocycles. The average molecular weight is 288 g/mol. The molecule has 112 valence electrons. The number of hydrogen-bond donors (Lipinski definition) is 0. The fourth-order valence-electron chi connectivity index (χ4n) is 2.35. The Hall–Kier alpha value is -1.91. The molecule has 0 unspecified atom stereocenters. The lowest BCUT2D eigenvalue weighted by Gasteiger charge is -2.31. The Morgan fingerprint density at radius 1 is 1.14 bits per heavy atom. The Balaban J connectivity index is 2.20. The van der Waals surface area contributed by atoms with Gasteiger partial charge in [0.2, 0.25) is 0 Å².